The number of para-hydroxylation sites is 1. The number of carbonyl (C=O) groups excluding carboxylic acids is 1. The lowest BCUT2D eigenvalue weighted by atomic mass is 10.2. The van der Waals surface area contributed by atoms with E-state index in [0.29, 0.717) is 6.54 Å². The maximum Gasteiger partial charge on any atom is 0.244 e. The summed E-state index contributed by atoms with van der Waals surface area (Å²) in [6, 6.07) is 12.3. The van der Waals surface area contributed by atoms with Crippen molar-refractivity contribution in [1.29, 1.82) is 0 Å². The Morgan fingerprint density at radius 2 is 2.12 bits per heavy atom. The summed E-state index contributed by atoms with van der Waals surface area (Å²) < 4.78 is 1.13. The summed E-state index contributed by atoms with van der Waals surface area (Å²) in [5.41, 5.74) is 0.966. The van der Waals surface area contributed by atoms with E-state index in [0.717, 1.165) is 15.2 Å². The van der Waals surface area contributed by atoms with Gasteiger partial charge in [-0.2, -0.15) is 0 Å². The first-order valence-corrected chi connectivity index (χ1v) is 9.34. The molecule has 124 valence electrons. The average Bonchev–Trinajstić information content (AvgIpc) is 3.22. The Hall–Kier alpha value is -2.02. The van der Waals surface area contributed by atoms with Crippen molar-refractivity contribution in [3.8, 4) is 0 Å². The van der Waals surface area contributed by atoms with E-state index >= 15 is 0 Å². The summed E-state index contributed by atoms with van der Waals surface area (Å²) in [6.45, 7) is 0.580. The van der Waals surface area contributed by atoms with Crippen LogP contribution >= 0.6 is 22.7 Å². The number of likely N-dealkylation sites (N-methyl/N-ethyl adjacent to an activating group) is 1. The van der Waals surface area contributed by atoms with Crippen molar-refractivity contribution in [1.82, 2.24) is 15.2 Å². The number of fused-ring (bicyclic) bond motifs is 1. The van der Waals surface area contributed by atoms with E-state index in [1.54, 1.807) is 34.8 Å². The quantitative estimate of drug-likeness (QED) is 0.683. The number of nitrogens with one attached hydrogen (secondary N) is 1. The summed E-state index contributed by atoms with van der Waals surface area (Å²) >= 11 is 3.29. The number of aromatic nitrogens is 1. The molecule has 0 aliphatic rings. The Labute approximate surface area is 149 Å². The average molecular weight is 358 g/mol. The lowest BCUT2D eigenvalue weighted by molar-refractivity contribution is -0.116. The molecule has 1 aromatic carbocycles. The molecule has 0 aliphatic heterocycles. The van der Waals surface area contributed by atoms with E-state index in [2.05, 4.69) is 26.6 Å². The van der Waals surface area contributed by atoms with Crippen LogP contribution in [0, 0.1) is 0 Å². The van der Waals surface area contributed by atoms with Crippen LogP contribution in [0.5, 0.6) is 0 Å². The minimum Gasteiger partial charge on any atom is -0.351 e. The Bertz CT molecular complexity index is 804. The van der Waals surface area contributed by atoms with E-state index in [1.807, 2.05) is 44.4 Å². The van der Waals surface area contributed by atoms with Crippen LogP contribution in [0.1, 0.15) is 15.9 Å². The van der Waals surface area contributed by atoms with Gasteiger partial charge >= 0.3 is 0 Å². The Morgan fingerprint density at radius 3 is 2.83 bits per heavy atom. The minimum atomic E-state index is -0.0994. The molecule has 3 aromatic rings. The molecular weight excluding hydrogens is 338 g/mol. The molecule has 0 saturated carbocycles. The second kappa shape index (κ2) is 7.70. The number of rotatable bonds is 6. The smallest absolute Gasteiger partial charge is 0.244 e. The first-order valence-electron chi connectivity index (χ1n) is 7.65. The number of benzene rings is 1. The van der Waals surface area contributed by atoms with E-state index in [-0.39, 0.29) is 11.9 Å². The minimum absolute atomic E-state index is 0.0994. The highest BCUT2D eigenvalue weighted by atomic mass is 32.1. The van der Waals surface area contributed by atoms with Gasteiger partial charge in [0.15, 0.2) is 0 Å². The molecule has 0 radical (unpaired) electrons. The number of thiazole rings is 1. The summed E-state index contributed by atoms with van der Waals surface area (Å²) in [5.74, 6) is -0.0994. The van der Waals surface area contributed by atoms with E-state index < -0.39 is 0 Å². The summed E-state index contributed by atoms with van der Waals surface area (Å²) in [7, 11) is 4.04. The molecule has 24 heavy (non-hydrogen) atoms. The van der Waals surface area contributed by atoms with Gasteiger partial charge in [0.1, 0.15) is 5.01 Å². The van der Waals surface area contributed by atoms with Crippen molar-refractivity contribution in [2.45, 2.75) is 6.04 Å². The molecule has 0 aliphatic carbocycles. The van der Waals surface area contributed by atoms with Crippen molar-refractivity contribution in [3.05, 3.63) is 57.7 Å². The number of hydrogen-bond acceptors (Lipinski definition) is 5. The van der Waals surface area contributed by atoms with Crippen molar-refractivity contribution in [2.24, 2.45) is 0 Å². The molecule has 2 aromatic heterocycles. The third-order valence-corrected chi connectivity index (χ3v) is 5.63. The van der Waals surface area contributed by atoms with Crippen LogP contribution in [0.15, 0.2) is 47.9 Å². The number of carbonyl (C=O) groups is 1. The zero-order valence-corrected chi connectivity index (χ0v) is 15.2. The first kappa shape index (κ1) is 16.8. The third kappa shape index (κ3) is 4.08. The fourth-order valence-electron chi connectivity index (χ4n) is 2.38. The van der Waals surface area contributed by atoms with Gasteiger partial charge in [0.25, 0.3) is 0 Å². The fraction of sp³-hybridized carbons (Fsp3) is 0.222. The zero-order valence-electron chi connectivity index (χ0n) is 13.6. The monoisotopic (exact) mass is 357 g/mol. The molecule has 0 saturated heterocycles. The Kier molecular flexibility index (Phi) is 5.40. The highest BCUT2D eigenvalue weighted by molar-refractivity contribution is 7.19. The van der Waals surface area contributed by atoms with Gasteiger partial charge in [0.05, 0.1) is 16.3 Å². The maximum absolute atomic E-state index is 12.1. The molecule has 1 N–H and O–H groups in total. The molecule has 0 bridgehead atoms. The highest BCUT2D eigenvalue weighted by Gasteiger charge is 2.15. The third-order valence-electron chi connectivity index (χ3n) is 3.65. The van der Waals surface area contributed by atoms with Gasteiger partial charge in [0, 0.05) is 17.5 Å². The van der Waals surface area contributed by atoms with E-state index in [1.165, 1.54) is 4.88 Å². The summed E-state index contributed by atoms with van der Waals surface area (Å²) in [6.07, 6.45) is 3.33. The van der Waals surface area contributed by atoms with Crippen LogP contribution in [-0.4, -0.2) is 36.4 Å². The van der Waals surface area contributed by atoms with Crippen molar-refractivity contribution >= 4 is 44.9 Å². The molecule has 1 atom stereocenters. The largest absolute Gasteiger partial charge is 0.351 e. The Morgan fingerprint density at radius 1 is 1.29 bits per heavy atom. The van der Waals surface area contributed by atoms with Gasteiger partial charge in [-0.3, -0.25) is 4.79 Å². The van der Waals surface area contributed by atoms with Gasteiger partial charge in [-0.25, -0.2) is 4.98 Å². The second-order valence-corrected chi connectivity index (χ2v) is 7.63. The van der Waals surface area contributed by atoms with Crippen LogP contribution in [0.2, 0.25) is 0 Å². The van der Waals surface area contributed by atoms with Crippen LogP contribution in [0.3, 0.4) is 0 Å². The van der Waals surface area contributed by atoms with Crippen molar-refractivity contribution < 1.29 is 4.79 Å². The lowest BCUT2D eigenvalue weighted by Gasteiger charge is -2.23. The van der Waals surface area contributed by atoms with Crippen LogP contribution in [-0.2, 0) is 4.79 Å². The maximum atomic E-state index is 12.1. The predicted molar refractivity (Wildman–Crippen MR) is 102 cm³/mol. The number of thiophene rings is 1. The molecule has 0 spiro atoms. The molecule has 0 unspecified atom stereocenters. The first-order chi connectivity index (χ1) is 11.6. The lowest BCUT2D eigenvalue weighted by Crippen LogP contribution is -2.33. The SMILES string of the molecule is CN(C)[C@@H](CNC(=O)/C=C/c1nc2ccccc2s1)c1cccs1. The van der Waals surface area contributed by atoms with Crippen molar-refractivity contribution in [2.75, 3.05) is 20.6 Å². The van der Waals surface area contributed by atoms with Crippen LogP contribution in [0.4, 0.5) is 0 Å². The fourth-order valence-corrected chi connectivity index (χ4v) is 4.18. The molecule has 6 heteroatoms. The van der Waals surface area contributed by atoms with Crippen LogP contribution < -0.4 is 5.32 Å². The van der Waals surface area contributed by atoms with Crippen molar-refractivity contribution in [3.63, 3.8) is 0 Å². The second-order valence-electron chi connectivity index (χ2n) is 5.59. The zero-order chi connectivity index (χ0) is 16.9. The topological polar surface area (TPSA) is 45.2 Å². The van der Waals surface area contributed by atoms with Gasteiger partial charge in [0.2, 0.25) is 5.91 Å². The van der Waals surface area contributed by atoms with Gasteiger partial charge < -0.3 is 10.2 Å². The summed E-state index contributed by atoms with van der Waals surface area (Å²) in [4.78, 5) is 19.9. The number of hydrogen-bond donors (Lipinski definition) is 1. The molecule has 4 nitrogen and oxygen atoms in total. The van der Waals surface area contributed by atoms with Gasteiger partial charge in [-0.1, -0.05) is 18.2 Å². The van der Waals surface area contributed by atoms with Crippen LogP contribution in [0.25, 0.3) is 16.3 Å². The highest BCUT2D eigenvalue weighted by Crippen LogP contribution is 2.23. The molecule has 1 amide bonds. The van der Waals surface area contributed by atoms with Gasteiger partial charge in [-0.15, -0.1) is 22.7 Å². The molecular formula is C18H19N3OS2. The van der Waals surface area contributed by atoms with E-state index in [9.17, 15) is 4.79 Å². The number of nitrogens with zero attached hydrogens (tertiary/aromatic N) is 2. The van der Waals surface area contributed by atoms with E-state index in [4.69, 9.17) is 0 Å². The molecule has 3 rings (SSSR count). The molecule has 0 fully saturated rings. The molecule has 2 heterocycles. The standard InChI is InChI=1S/C18H19N3OS2/c1-21(2)14(16-8-5-11-23-16)12-19-17(22)9-10-18-20-13-6-3-4-7-15(13)24-18/h3-11,14H,12H2,1-2H3,(H,19,22)/b10-9+/t14-/m0/s1. The summed E-state index contributed by atoms with van der Waals surface area (Å²) in [5, 5.41) is 5.87. The predicted octanol–water partition coefficient (Wildman–Crippen LogP) is 3.79. The number of amides is 1. The normalized spacial score (nSPS) is 13.0. The van der Waals surface area contributed by atoms with Gasteiger partial charge in [-0.05, 0) is 43.8 Å². The Balaban J connectivity index is 1.60.